The molecule has 0 bridgehead atoms. The molecule has 2 rings (SSSR count). The summed E-state index contributed by atoms with van der Waals surface area (Å²) in [5.41, 5.74) is 0. The summed E-state index contributed by atoms with van der Waals surface area (Å²) in [6.45, 7) is 7.00. The highest BCUT2D eigenvalue weighted by atomic mass is 16.4. The largest absolute Gasteiger partial charge is 0.437 e. The van der Waals surface area contributed by atoms with E-state index in [4.69, 9.17) is 4.42 Å². The van der Waals surface area contributed by atoms with Crippen LogP contribution in [0, 0.1) is 0 Å². The van der Waals surface area contributed by atoms with Crippen LogP contribution in [-0.2, 0) is 0 Å². The first-order valence-electron chi connectivity index (χ1n) is 6.67. The quantitative estimate of drug-likeness (QED) is 0.752. The molecule has 1 unspecified atom stereocenters. The first kappa shape index (κ1) is 13.1. The second kappa shape index (κ2) is 5.57. The fourth-order valence-electron chi connectivity index (χ4n) is 2.65. The van der Waals surface area contributed by atoms with Gasteiger partial charge in [0.05, 0.1) is 0 Å². The van der Waals surface area contributed by atoms with Crippen molar-refractivity contribution in [2.75, 3.05) is 31.6 Å². The molecule has 2 heterocycles. The molecule has 1 aromatic rings. The highest BCUT2D eigenvalue weighted by molar-refractivity contribution is 5.91. The number of hydrogen-bond acceptors (Lipinski definition) is 4. The second-order valence-corrected chi connectivity index (χ2v) is 5.00. The molecule has 0 aliphatic carbocycles. The minimum atomic E-state index is -0.0225. The molecule has 1 atom stereocenters. The van der Waals surface area contributed by atoms with E-state index in [2.05, 4.69) is 16.7 Å². The number of likely N-dealkylation sites (tertiary alicyclic amines) is 1. The fourth-order valence-corrected chi connectivity index (χ4v) is 2.65. The van der Waals surface area contributed by atoms with E-state index < -0.39 is 0 Å². The summed E-state index contributed by atoms with van der Waals surface area (Å²) in [5, 5.41) is 0. The summed E-state index contributed by atoms with van der Waals surface area (Å²) in [7, 11) is 2.02. The number of likely N-dealkylation sites (N-methyl/N-ethyl adjacent to an activating group) is 2. The summed E-state index contributed by atoms with van der Waals surface area (Å²) < 4.78 is 5.54. The lowest BCUT2D eigenvalue weighted by Crippen LogP contribution is -2.38. The molecule has 1 aliphatic rings. The van der Waals surface area contributed by atoms with Crippen molar-refractivity contribution in [3.05, 3.63) is 17.9 Å². The average Bonchev–Trinajstić information content (AvgIpc) is 2.96. The molecule has 0 spiro atoms. The predicted molar refractivity (Wildman–Crippen MR) is 72.3 cm³/mol. The lowest BCUT2D eigenvalue weighted by atomic mass is 10.2. The molecular weight excluding hydrogens is 228 g/mol. The molecule has 0 aromatic carbocycles. The van der Waals surface area contributed by atoms with Crippen molar-refractivity contribution < 1.29 is 9.21 Å². The summed E-state index contributed by atoms with van der Waals surface area (Å²) in [4.78, 5) is 15.8. The number of furan rings is 1. The highest BCUT2D eigenvalue weighted by Gasteiger charge is 2.24. The average molecular weight is 250 g/mol. The third-order valence-electron chi connectivity index (χ3n) is 3.70. The molecule has 1 saturated heterocycles. The third kappa shape index (κ3) is 2.75. The normalized spacial score (nSPS) is 20.3. The Hall–Kier alpha value is -1.29. The van der Waals surface area contributed by atoms with Gasteiger partial charge in [0.2, 0.25) is 0 Å². The third-order valence-corrected chi connectivity index (χ3v) is 3.70. The lowest BCUT2D eigenvalue weighted by Gasteiger charge is -2.27. The summed E-state index contributed by atoms with van der Waals surface area (Å²) in [6, 6.07) is 4.23. The van der Waals surface area contributed by atoms with Crippen molar-refractivity contribution in [3.8, 4) is 0 Å². The van der Waals surface area contributed by atoms with Crippen LogP contribution in [0.15, 0.2) is 16.5 Å². The Bertz CT molecular complexity index is 414. The van der Waals surface area contributed by atoms with Gasteiger partial charge in [0.15, 0.2) is 17.4 Å². The van der Waals surface area contributed by atoms with Gasteiger partial charge >= 0.3 is 0 Å². The van der Waals surface area contributed by atoms with E-state index in [1.54, 1.807) is 6.07 Å². The van der Waals surface area contributed by atoms with E-state index in [-0.39, 0.29) is 5.78 Å². The number of anilines is 1. The molecule has 0 radical (unpaired) electrons. The van der Waals surface area contributed by atoms with Gasteiger partial charge in [-0.1, -0.05) is 6.92 Å². The van der Waals surface area contributed by atoms with Crippen LogP contribution in [0.5, 0.6) is 0 Å². The Balaban J connectivity index is 1.98. The Labute approximate surface area is 109 Å². The van der Waals surface area contributed by atoms with Crippen LogP contribution in [0.4, 0.5) is 5.88 Å². The number of carbonyl (C=O) groups excluding carboxylic acids is 1. The Morgan fingerprint density at radius 1 is 1.56 bits per heavy atom. The van der Waals surface area contributed by atoms with E-state index >= 15 is 0 Å². The predicted octanol–water partition coefficient (Wildman–Crippen LogP) is 2.40. The van der Waals surface area contributed by atoms with Crippen molar-refractivity contribution in [1.82, 2.24) is 4.90 Å². The number of rotatable bonds is 5. The summed E-state index contributed by atoms with van der Waals surface area (Å²) >= 11 is 0. The van der Waals surface area contributed by atoms with Crippen LogP contribution in [0.2, 0.25) is 0 Å². The molecule has 0 amide bonds. The molecule has 0 saturated carbocycles. The Morgan fingerprint density at radius 3 is 2.94 bits per heavy atom. The zero-order valence-corrected chi connectivity index (χ0v) is 11.5. The number of hydrogen-bond donors (Lipinski definition) is 0. The molecule has 1 fully saturated rings. The van der Waals surface area contributed by atoms with Crippen molar-refractivity contribution in [2.24, 2.45) is 0 Å². The number of nitrogens with zero attached hydrogens (tertiary/aromatic N) is 2. The minimum Gasteiger partial charge on any atom is -0.437 e. The molecule has 1 aliphatic heterocycles. The van der Waals surface area contributed by atoms with Gasteiger partial charge in [0.25, 0.3) is 0 Å². The zero-order valence-electron chi connectivity index (χ0n) is 11.5. The smallest absolute Gasteiger partial charge is 0.196 e. The fraction of sp³-hybridized carbons (Fsp3) is 0.643. The molecule has 100 valence electrons. The van der Waals surface area contributed by atoms with Gasteiger partial charge in [0, 0.05) is 32.6 Å². The van der Waals surface area contributed by atoms with Crippen molar-refractivity contribution >= 4 is 11.7 Å². The van der Waals surface area contributed by atoms with Gasteiger partial charge in [-0.05, 0) is 32.0 Å². The van der Waals surface area contributed by atoms with Gasteiger partial charge in [-0.2, -0.15) is 0 Å². The van der Waals surface area contributed by atoms with Crippen LogP contribution < -0.4 is 4.90 Å². The molecule has 0 N–H and O–H groups in total. The van der Waals surface area contributed by atoms with Crippen molar-refractivity contribution in [2.45, 2.75) is 32.7 Å². The van der Waals surface area contributed by atoms with E-state index in [9.17, 15) is 4.79 Å². The van der Waals surface area contributed by atoms with Crippen molar-refractivity contribution in [1.29, 1.82) is 0 Å². The van der Waals surface area contributed by atoms with E-state index in [1.165, 1.54) is 26.3 Å². The molecule has 4 nitrogen and oxygen atoms in total. The molecular formula is C14H22N2O2. The Kier molecular flexibility index (Phi) is 4.07. The van der Waals surface area contributed by atoms with Crippen LogP contribution in [0.3, 0.4) is 0 Å². The maximum atomic E-state index is 11.2. The van der Waals surface area contributed by atoms with Crippen LogP contribution in [0.25, 0.3) is 0 Å². The van der Waals surface area contributed by atoms with Gasteiger partial charge < -0.3 is 9.32 Å². The van der Waals surface area contributed by atoms with Crippen LogP contribution in [0.1, 0.15) is 37.2 Å². The maximum absolute atomic E-state index is 11.2. The van der Waals surface area contributed by atoms with E-state index in [0.29, 0.717) is 11.8 Å². The second-order valence-electron chi connectivity index (χ2n) is 5.00. The van der Waals surface area contributed by atoms with Crippen LogP contribution >= 0.6 is 0 Å². The summed E-state index contributed by atoms with van der Waals surface area (Å²) in [5.74, 6) is 1.20. The molecule has 4 heteroatoms. The summed E-state index contributed by atoms with van der Waals surface area (Å²) in [6.07, 6.45) is 2.53. The minimum absolute atomic E-state index is 0.0225. The van der Waals surface area contributed by atoms with Gasteiger partial charge in [-0.15, -0.1) is 0 Å². The van der Waals surface area contributed by atoms with Gasteiger partial charge in [-0.3, -0.25) is 9.69 Å². The van der Waals surface area contributed by atoms with Gasteiger partial charge in [0.1, 0.15) is 0 Å². The van der Waals surface area contributed by atoms with Gasteiger partial charge in [-0.25, -0.2) is 0 Å². The highest BCUT2D eigenvalue weighted by Crippen LogP contribution is 2.22. The molecule has 1 aromatic heterocycles. The topological polar surface area (TPSA) is 36.7 Å². The van der Waals surface area contributed by atoms with E-state index in [1.807, 2.05) is 13.1 Å². The number of Topliss-reactive ketones (excluding diaryl/α,β-unsaturated/α-hetero) is 1. The molecule has 18 heavy (non-hydrogen) atoms. The lowest BCUT2D eigenvalue weighted by molar-refractivity contribution is 0.0988. The monoisotopic (exact) mass is 250 g/mol. The number of ketones is 1. The maximum Gasteiger partial charge on any atom is 0.196 e. The van der Waals surface area contributed by atoms with E-state index in [0.717, 1.165) is 19.0 Å². The van der Waals surface area contributed by atoms with Crippen LogP contribution in [-0.4, -0.2) is 43.4 Å². The first-order chi connectivity index (χ1) is 8.61. The first-order valence-corrected chi connectivity index (χ1v) is 6.67. The number of carbonyl (C=O) groups is 1. The standard InChI is InChI=1S/C14H22N2O2/c1-4-16-9-5-6-12(16)10-15(3)14-8-7-13(18-14)11(2)17/h7-8,12H,4-6,9-10H2,1-3H3. The van der Waals surface area contributed by atoms with Crippen molar-refractivity contribution in [3.63, 3.8) is 0 Å². The zero-order chi connectivity index (χ0) is 13.1. The SMILES string of the molecule is CCN1CCCC1CN(C)c1ccc(C(C)=O)o1. The Morgan fingerprint density at radius 2 is 2.33 bits per heavy atom.